The molecule has 2 N–H and O–H groups in total. The Kier molecular flexibility index (Phi) is 3.48. The van der Waals surface area contributed by atoms with Gasteiger partial charge in [-0.2, -0.15) is 0 Å². The highest BCUT2D eigenvalue weighted by atomic mass is 14.7. The third kappa shape index (κ3) is 2.31. The molecule has 1 unspecified atom stereocenters. The van der Waals surface area contributed by atoms with E-state index in [2.05, 4.69) is 6.92 Å². The smallest absolute Gasteiger partial charge is 0.00956 e. The Balaban J connectivity index is 1.82. The molecule has 0 aromatic carbocycles. The SMILES string of the molecule is CC1CCC(C(N)C2CCCC2)CC1. The van der Waals surface area contributed by atoms with Crippen LogP contribution in [0.15, 0.2) is 0 Å². The molecule has 0 radical (unpaired) electrons. The summed E-state index contributed by atoms with van der Waals surface area (Å²) in [5.74, 6) is 2.68. The van der Waals surface area contributed by atoms with Crippen LogP contribution in [0.5, 0.6) is 0 Å². The molecule has 2 fully saturated rings. The second-order valence-corrected chi connectivity index (χ2v) is 5.64. The lowest BCUT2D eigenvalue weighted by molar-refractivity contribution is 0.213. The van der Waals surface area contributed by atoms with E-state index in [9.17, 15) is 0 Å². The number of nitrogens with two attached hydrogens (primary N) is 1. The Morgan fingerprint density at radius 3 is 1.93 bits per heavy atom. The van der Waals surface area contributed by atoms with E-state index in [4.69, 9.17) is 5.73 Å². The van der Waals surface area contributed by atoms with Gasteiger partial charge in [-0.1, -0.05) is 32.6 Å². The minimum atomic E-state index is 0.532. The topological polar surface area (TPSA) is 26.0 Å². The van der Waals surface area contributed by atoms with Crippen molar-refractivity contribution in [3.8, 4) is 0 Å². The van der Waals surface area contributed by atoms with Crippen LogP contribution in [0.3, 0.4) is 0 Å². The van der Waals surface area contributed by atoms with Crippen LogP contribution in [0, 0.1) is 17.8 Å². The van der Waals surface area contributed by atoms with E-state index in [-0.39, 0.29) is 0 Å². The van der Waals surface area contributed by atoms with E-state index in [0.717, 1.165) is 17.8 Å². The van der Waals surface area contributed by atoms with Gasteiger partial charge in [0.05, 0.1) is 0 Å². The molecule has 0 spiro atoms. The molecule has 0 aromatic rings. The Hall–Kier alpha value is -0.0400. The summed E-state index contributed by atoms with van der Waals surface area (Å²) < 4.78 is 0. The second kappa shape index (κ2) is 4.65. The van der Waals surface area contributed by atoms with Crippen LogP contribution >= 0.6 is 0 Å². The fraction of sp³-hybridized carbons (Fsp3) is 1.00. The van der Waals surface area contributed by atoms with E-state index < -0.39 is 0 Å². The summed E-state index contributed by atoms with van der Waals surface area (Å²) in [6.07, 6.45) is 11.3. The molecule has 1 atom stereocenters. The highest BCUT2D eigenvalue weighted by Crippen LogP contribution is 2.36. The highest BCUT2D eigenvalue weighted by Gasteiger charge is 2.30. The molecule has 82 valence electrons. The van der Waals surface area contributed by atoms with Gasteiger partial charge in [0.2, 0.25) is 0 Å². The fourth-order valence-electron chi connectivity index (χ4n) is 3.40. The fourth-order valence-corrected chi connectivity index (χ4v) is 3.40. The largest absolute Gasteiger partial charge is 0.327 e. The van der Waals surface area contributed by atoms with Crippen molar-refractivity contribution in [2.75, 3.05) is 0 Å². The summed E-state index contributed by atoms with van der Waals surface area (Å²) >= 11 is 0. The van der Waals surface area contributed by atoms with E-state index in [0.29, 0.717) is 6.04 Å². The maximum Gasteiger partial charge on any atom is 0.00956 e. The van der Waals surface area contributed by atoms with Crippen LogP contribution in [0.25, 0.3) is 0 Å². The lowest BCUT2D eigenvalue weighted by Crippen LogP contribution is -2.38. The zero-order valence-corrected chi connectivity index (χ0v) is 9.54. The lowest BCUT2D eigenvalue weighted by Gasteiger charge is -2.33. The van der Waals surface area contributed by atoms with Crippen molar-refractivity contribution in [3.05, 3.63) is 0 Å². The van der Waals surface area contributed by atoms with Gasteiger partial charge in [-0.05, 0) is 43.4 Å². The van der Waals surface area contributed by atoms with Crippen molar-refractivity contribution in [2.24, 2.45) is 23.5 Å². The minimum Gasteiger partial charge on any atom is -0.327 e. The summed E-state index contributed by atoms with van der Waals surface area (Å²) in [5, 5.41) is 0. The minimum absolute atomic E-state index is 0.532. The molecule has 0 saturated heterocycles. The first-order valence-electron chi connectivity index (χ1n) is 6.53. The van der Waals surface area contributed by atoms with E-state index >= 15 is 0 Å². The summed E-state index contributed by atoms with van der Waals surface area (Å²) in [5.41, 5.74) is 6.40. The lowest BCUT2D eigenvalue weighted by atomic mass is 9.75. The summed E-state index contributed by atoms with van der Waals surface area (Å²) in [6, 6.07) is 0.532. The van der Waals surface area contributed by atoms with Gasteiger partial charge in [0.15, 0.2) is 0 Å². The molecule has 0 aromatic heterocycles. The van der Waals surface area contributed by atoms with Crippen molar-refractivity contribution in [1.82, 2.24) is 0 Å². The van der Waals surface area contributed by atoms with Crippen LogP contribution in [0.1, 0.15) is 58.3 Å². The molecule has 1 nitrogen and oxygen atoms in total. The Morgan fingerprint density at radius 1 is 0.857 bits per heavy atom. The molecule has 0 bridgehead atoms. The average Bonchev–Trinajstić information content (AvgIpc) is 2.71. The Morgan fingerprint density at radius 2 is 1.36 bits per heavy atom. The van der Waals surface area contributed by atoms with Gasteiger partial charge in [0.1, 0.15) is 0 Å². The highest BCUT2D eigenvalue weighted by molar-refractivity contribution is 4.85. The molecule has 0 aliphatic heterocycles. The molecule has 2 aliphatic rings. The van der Waals surface area contributed by atoms with Gasteiger partial charge >= 0.3 is 0 Å². The average molecular weight is 195 g/mol. The number of hydrogen-bond donors (Lipinski definition) is 1. The van der Waals surface area contributed by atoms with Gasteiger partial charge in [-0.15, -0.1) is 0 Å². The number of rotatable bonds is 2. The molecule has 1 heteroatoms. The van der Waals surface area contributed by atoms with E-state index in [1.807, 2.05) is 0 Å². The maximum atomic E-state index is 6.40. The first-order chi connectivity index (χ1) is 6.77. The second-order valence-electron chi connectivity index (χ2n) is 5.64. The van der Waals surface area contributed by atoms with Gasteiger partial charge in [0, 0.05) is 6.04 Å². The predicted octanol–water partition coefficient (Wildman–Crippen LogP) is 3.33. The van der Waals surface area contributed by atoms with Crippen LogP contribution in [-0.2, 0) is 0 Å². The van der Waals surface area contributed by atoms with Crippen molar-refractivity contribution < 1.29 is 0 Å². The summed E-state index contributed by atoms with van der Waals surface area (Å²) in [4.78, 5) is 0. The van der Waals surface area contributed by atoms with Crippen molar-refractivity contribution in [1.29, 1.82) is 0 Å². The van der Waals surface area contributed by atoms with Crippen molar-refractivity contribution in [3.63, 3.8) is 0 Å². The van der Waals surface area contributed by atoms with Crippen molar-refractivity contribution in [2.45, 2.75) is 64.3 Å². The van der Waals surface area contributed by atoms with Crippen LogP contribution in [0.2, 0.25) is 0 Å². The van der Waals surface area contributed by atoms with Gasteiger partial charge < -0.3 is 5.73 Å². The molecule has 2 aliphatic carbocycles. The zero-order chi connectivity index (χ0) is 9.97. The monoisotopic (exact) mass is 195 g/mol. The van der Waals surface area contributed by atoms with E-state index in [1.54, 1.807) is 0 Å². The molecule has 0 heterocycles. The normalized spacial score (nSPS) is 37.3. The summed E-state index contributed by atoms with van der Waals surface area (Å²) in [7, 11) is 0. The predicted molar refractivity (Wildman–Crippen MR) is 61.1 cm³/mol. The van der Waals surface area contributed by atoms with Crippen LogP contribution < -0.4 is 5.73 Å². The Bertz CT molecular complexity index is 164. The first kappa shape index (κ1) is 10.5. The first-order valence-corrected chi connectivity index (χ1v) is 6.53. The van der Waals surface area contributed by atoms with E-state index in [1.165, 1.54) is 51.4 Å². The quantitative estimate of drug-likeness (QED) is 0.718. The molecule has 2 saturated carbocycles. The third-order valence-electron chi connectivity index (χ3n) is 4.55. The Labute approximate surface area is 88.4 Å². The molecular formula is C13H25N. The number of hydrogen-bond acceptors (Lipinski definition) is 1. The molecule has 2 rings (SSSR count). The molecular weight excluding hydrogens is 170 g/mol. The maximum absolute atomic E-state index is 6.40. The third-order valence-corrected chi connectivity index (χ3v) is 4.55. The zero-order valence-electron chi connectivity index (χ0n) is 9.54. The van der Waals surface area contributed by atoms with Gasteiger partial charge in [0.25, 0.3) is 0 Å². The molecule has 14 heavy (non-hydrogen) atoms. The van der Waals surface area contributed by atoms with Gasteiger partial charge in [-0.3, -0.25) is 0 Å². The van der Waals surface area contributed by atoms with Crippen LogP contribution in [0.4, 0.5) is 0 Å². The standard InChI is InChI=1S/C13H25N/c1-10-6-8-12(9-7-10)13(14)11-4-2-3-5-11/h10-13H,2-9,14H2,1H3. The summed E-state index contributed by atoms with van der Waals surface area (Å²) in [6.45, 7) is 2.39. The molecule has 0 amide bonds. The van der Waals surface area contributed by atoms with Gasteiger partial charge in [-0.25, -0.2) is 0 Å². The van der Waals surface area contributed by atoms with Crippen molar-refractivity contribution >= 4 is 0 Å². The van der Waals surface area contributed by atoms with Crippen LogP contribution in [-0.4, -0.2) is 6.04 Å².